The van der Waals surface area contributed by atoms with Gasteiger partial charge in [-0.15, -0.1) is 0 Å². The first-order chi connectivity index (χ1) is 18.5. The van der Waals surface area contributed by atoms with Crippen LogP contribution < -0.4 is 10.9 Å². The van der Waals surface area contributed by atoms with Crippen LogP contribution in [0, 0.1) is 26.7 Å². The van der Waals surface area contributed by atoms with Gasteiger partial charge in [-0.25, -0.2) is 0 Å². The van der Waals surface area contributed by atoms with E-state index in [4.69, 9.17) is 0 Å². The number of pyridine rings is 1. The van der Waals surface area contributed by atoms with Crippen LogP contribution in [0.3, 0.4) is 0 Å². The van der Waals surface area contributed by atoms with Gasteiger partial charge < -0.3 is 19.9 Å². The Hall–Kier alpha value is -3.22. The summed E-state index contributed by atoms with van der Waals surface area (Å²) in [5, 5.41) is 13.3. The topological polar surface area (TPSA) is 74.6 Å². The molecule has 1 unspecified atom stereocenters. The second-order valence-corrected chi connectivity index (χ2v) is 11.5. The summed E-state index contributed by atoms with van der Waals surface area (Å²) in [6.07, 6.45) is 3.66. The number of likely N-dealkylation sites (N-methyl/N-ethyl adjacent to an activating group) is 1. The molecule has 0 aliphatic carbocycles. The molecule has 0 fully saturated rings. The van der Waals surface area contributed by atoms with Gasteiger partial charge in [0.05, 0.1) is 6.42 Å². The molecule has 2 atom stereocenters. The number of aromatic nitrogens is 1. The molecule has 0 aliphatic rings. The number of aryl methyl sites for hydroxylation is 3. The number of carboxylic acids is 1. The van der Waals surface area contributed by atoms with Gasteiger partial charge in [0.2, 0.25) is 0 Å². The lowest BCUT2D eigenvalue weighted by Crippen LogP contribution is -2.35. The first-order valence-electron chi connectivity index (χ1n) is 13.9. The van der Waals surface area contributed by atoms with Crippen LogP contribution in [0.25, 0.3) is 11.1 Å². The van der Waals surface area contributed by atoms with E-state index in [-0.39, 0.29) is 24.1 Å². The van der Waals surface area contributed by atoms with Gasteiger partial charge in [-0.3, -0.25) is 9.59 Å². The summed E-state index contributed by atoms with van der Waals surface area (Å²) in [6, 6.07) is 15.7. The SMILES string of the molecule is Cc1cc(=O)n(C(CN[C@@H](CC(=O)O)c2cccc(-c3c(C)cccc3C)c2)CC(C)C)cc1CCN(C)C. The first kappa shape index (κ1) is 30.3. The summed E-state index contributed by atoms with van der Waals surface area (Å²) in [4.78, 5) is 27.2. The van der Waals surface area contributed by atoms with Crippen LogP contribution >= 0.6 is 0 Å². The zero-order valence-electron chi connectivity index (χ0n) is 24.6. The summed E-state index contributed by atoms with van der Waals surface area (Å²) >= 11 is 0. The number of carboxylic acid groups (broad SMARTS) is 1. The molecular formula is C33H45N3O3. The van der Waals surface area contributed by atoms with Gasteiger partial charge in [-0.2, -0.15) is 0 Å². The molecule has 6 heteroatoms. The Kier molecular flexibility index (Phi) is 10.7. The monoisotopic (exact) mass is 531 g/mol. The minimum absolute atomic E-state index is 0.0136. The number of nitrogens with zero attached hydrogens (tertiary/aromatic N) is 2. The first-order valence-corrected chi connectivity index (χ1v) is 13.9. The Morgan fingerprint density at radius 3 is 2.28 bits per heavy atom. The number of hydrogen-bond donors (Lipinski definition) is 2. The lowest BCUT2D eigenvalue weighted by molar-refractivity contribution is -0.137. The quantitative estimate of drug-likeness (QED) is 0.286. The molecule has 1 aromatic heterocycles. The van der Waals surface area contributed by atoms with Gasteiger partial charge >= 0.3 is 5.97 Å². The molecule has 1 heterocycles. The lowest BCUT2D eigenvalue weighted by Gasteiger charge is -2.27. The molecule has 210 valence electrons. The number of carbonyl (C=O) groups is 1. The standard InChI is InChI=1S/C33H45N3O3/c1-22(2)16-29(36-21-28(14-15-35(6)7)25(5)17-31(36)37)20-34-30(19-32(38)39)26-12-9-13-27(18-26)33-23(3)10-8-11-24(33)4/h8-13,17-18,21-22,29-30,34H,14-16,19-20H2,1-7H3,(H,38,39)/t29?,30-/m0/s1. The highest BCUT2D eigenvalue weighted by Gasteiger charge is 2.21. The molecule has 0 radical (unpaired) electrons. The molecule has 6 nitrogen and oxygen atoms in total. The summed E-state index contributed by atoms with van der Waals surface area (Å²) in [5.41, 5.74) is 7.75. The Labute approximate surface area is 233 Å². The third-order valence-electron chi connectivity index (χ3n) is 7.40. The maximum absolute atomic E-state index is 13.1. The number of aliphatic carboxylic acids is 1. The van der Waals surface area contributed by atoms with E-state index in [1.165, 1.54) is 22.3 Å². The van der Waals surface area contributed by atoms with Gasteiger partial charge in [0.1, 0.15) is 0 Å². The van der Waals surface area contributed by atoms with E-state index in [9.17, 15) is 14.7 Å². The van der Waals surface area contributed by atoms with E-state index in [0.717, 1.165) is 36.1 Å². The van der Waals surface area contributed by atoms with Crippen molar-refractivity contribution in [2.24, 2.45) is 5.92 Å². The summed E-state index contributed by atoms with van der Waals surface area (Å²) < 4.78 is 1.86. The molecular weight excluding hydrogens is 486 g/mol. The molecule has 39 heavy (non-hydrogen) atoms. The zero-order chi connectivity index (χ0) is 28.7. The molecule has 2 N–H and O–H groups in total. The smallest absolute Gasteiger partial charge is 0.305 e. The van der Waals surface area contributed by atoms with E-state index < -0.39 is 5.97 Å². The third-order valence-corrected chi connectivity index (χ3v) is 7.40. The van der Waals surface area contributed by atoms with Gasteiger partial charge in [0.15, 0.2) is 0 Å². The molecule has 2 aromatic carbocycles. The molecule has 0 aliphatic heterocycles. The van der Waals surface area contributed by atoms with E-state index in [1.54, 1.807) is 6.07 Å². The Bertz CT molecular complexity index is 1310. The van der Waals surface area contributed by atoms with Crippen molar-refractivity contribution in [2.75, 3.05) is 27.2 Å². The van der Waals surface area contributed by atoms with Crippen LogP contribution in [0.1, 0.15) is 66.6 Å². The van der Waals surface area contributed by atoms with Crippen LogP contribution in [0.2, 0.25) is 0 Å². The molecule has 0 amide bonds. The van der Waals surface area contributed by atoms with Crippen molar-refractivity contribution in [2.45, 2.75) is 66.0 Å². The second kappa shape index (κ2) is 13.7. The largest absolute Gasteiger partial charge is 0.481 e. The van der Waals surface area contributed by atoms with Crippen LogP contribution in [0.4, 0.5) is 0 Å². The normalized spacial score (nSPS) is 13.2. The van der Waals surface area contributed by atoms with E-state index in [1.807, 2.05) is 29.8 Å². The molecule has 3 rings (SSSR count). The van der Waals surface area contributed by atoms with Crippen molar-refractivity contribution >= 4 is 5.97 Å². The van der Waals surface area contributed by atoms with Crippen LogP contribution in [-0.2, 0) is 11.2 Å². The molecule has 0 saturated carbocycles. The van der Waals surface area contributed by atoms with Crippen molar-refractivity contribution in [1.29, 1.82) is 0 Å². The number of nitrogens with one attached hydrogen (secondary N) is 1. The van der Waals surface area contributed by atoms with E-state index >= 15 is 0 Å². The predicted octanol–water partition coefficient (Wildman–Crippen LogP) is 5.94. The van der Waals surface area contributed by atoms with Gasteiger partial charge in [0.25, 0.3) is 5.56 Å². The Morgan fingerprint density at radius 1 is 1.00 bits per heavy atom. The highest BCUT2D eigenvalue weighted by molar-refractivity contribution is 5.72. The van der Waals surface area contributed by atoms with E-state index in [0.29, 0.717) is 12.5 Å². The van der Waals surface area contributed by atoms with Gasteiger partial charge in [-0.1, -0.05) is 50.2 Å². The highest BCUT2D eigenvalue weighted by atomic mass is 16.4. The maximum Gasteiger partial charge on any atom is 0.305 e. The fourth-order valence-corrected chi connectivity index (χ4v) is 5.36. The third kappa shape index (κ3) is 8.38. The van der Waals surface area contributed by atoms with Gasteiger partial charge in [-0.05, 0) is 98.6 Å². The van der Waals surface area contributed by atoms with Crippen molar-refractivity contribution in [3.63, 3.8) is 0 Å². The Balaban J connectivity index is 1.93. The van der Waals surface area contributed by atoms with Crippen LogP contribution in [0.15, 0.2) is 59.5 Å². The number of rotatable bonds is 13. The minimum atomic E-state index is -0.858. The maximum atomic E-state index is 13.1. The van der Waals surface area contributed by atoms with Crippen LogP contribution in [0.5, 0.6) is 0 Å². The summed E-state index contributed by atoms with van der Waals surface area (Å²) in [6.45, 7) is 11.9. The number of hydrogen-bond acceptors (Lipinski definition) is 4. The molecule has 0 saturated heterocycles. The highest BCUT2D eigenvalue weighted by Crippen LogP contribution is 2.30. The van der Waals surface area contributed by atoms with Crippen molar-refractivity contribution in [3.05, 3.63) is 92.9 Å². The van der Waals surface area contributed by atoms with Crippen molar-refractivity contribution in [1.82, 2.24) is 14.8 Å². The average molecular weight is 532 g/mol. The summed E-state index contributed by atoms with van der Waals surface area (Å²) in [7, 11) is 4.10. The minimum Gasteiger partial charge on any atom is -0.481 e. The average Bonchev–Trinajstić information content (AvgIpc) is 2.85. The second-order valence-electron chi connectivity index (χ2n) is 11.5. The van der Waals surface area contributed by atoms with Crippen molar-refractivity contribution in [3.8, 4) is 11.1 Å². The van der Waals surface area contributed by atoms with Crippen molar-refractivity contribution < 1.29 is 9.90 Å². The zero-order valence-corrected chi connectivity index (χ0v) is 24.6. The molecule has 0 bridgehead atoms. The number of benzene rings is 2. The fourth-order valence-electron chi connectivity index (χ4n) is 5.36. The van der Waals surface area contributed by atoms with Crippen LogP contribution in [-0.4, -0.2) is 47.7 Å². The Morgan fingerprint density at radius 2 is 1.67 bits per heavy atom. The molecule has 0 spiro atoms. The lowest BCUT2D eigenvalue weighted by atomic mass is 9.92. The van der Waals surface area contributed by atoms with E-state index in [2.05, 4.69) is 82.3 Å². The molecule has 3 aromatic rings. The summed E-state index contributed by atoms with van der Waals surface area (Å²) in [5.74, 6) is -0.482. The fraction of sp³-hybridized carbons (Fsp3) is 0.455. The predicted molar refractivity (Wildman–Crippen MR) is 161 cm³/mol. The van der Waals surface area contributed by atoms with Gasteiger partial charge in [0, 0.05) is 37.4 Å².